The van der Waals surface area contributed by atoms with Crippen molar-refractivity contribution in [3.05, 3.63) is 35.4 Å². The van der Waals surface area contributed by atoms with Crippen molar-refractivity contribution in [1.29, 1.82) is 5.26 Å². The van der Waals surface area contributed by atoms with E-state index in [9.17, 15) is 13.2 Å². The SMILES string of the molecule is CS(=O)(=O)[C@H]1CCN(C(=O)c2cccc(C#N)c2)C1. The Kier molecular flexibility index (Phi) is 3.58. The van der Waals surface area contributed by atoms with E-state index in [1.54, 1.807) is 18.2 Å². The smallest absolute Gasteiger partial charge is 0.253 e. The van der Waals surface area contributed by atoms with Crippen molar-refractivity contribution in [2.45, 2.75) is 11.7 Å². The molecule has 1 aromatic carbocycles. The van der Waals surface area contributed by atoms with Gasteiger partial charge in [-0.2, -0.15) is 5.26 Å². The Morgan fingerprint density at radius 1 is 1.47 bits per heavy atom. The molecule has 6 heteroatoms. The van der Waals surface area contributed by atoms with Gasteiger partial charge in [0.2, 0.25) is 0 Å². The molecule has 1 heterocycles. The van der Waals surface area contributed by atoms with Crippen LogP contribution in [0.25, 0.3) is 0 Å². The zero-order valence-corrected chi connectivity index (χ0v) is 11.4. The zero-order valence-electron chi connectivity index (χ0n) is 10.5. The molecule has 0 N–H and O–H groups in total. The summed E-state index contributed by atoms with van der Waals surface area (Å²) in [5.41, 5.74) is 0.845. The van der Waals surface area contributed by atoms with Crippen molar-refractivity contribution in [3.8, 4) is 6.07 Å². The molecule has 0 saturated carbocycles. The molecule has 1 amide bonds. The van der Waals surface area contributed by atoms with E-state index in [4.69, 9.17) is 5.26 Å². The first-order chi connectivity index (χ1) is 8.91. The fourth-order valence-corrected chi connectivity index (χ4v) is 3.15. The summed E-state index contributed by atoms with van der Waals surface area (Å²) >= 11 is 0. The summed E-state index contributed by atoms with van der Waals surface area (Å²) in [6.07, 6.45) is 1.67. The summed E-state index contributed by atoms with van der Waals surface area (Å²) in [6.45, 7) is 0.668. The first kappa shape index (κ1) is 13.6. The van der Waals surface area contributed by atoms with Crippen LogP contribution in [-0.2, 0) is 9.84 Å². The Labute approximate surface area is 112 Å². The first-order valence-corrected chi connectivity index (χ1v) is 7.85. The van der Waals surface area contributed by atoms with Crippen LogP contribution in [0.1, 0.15) is 22.3 Å². The highest BCUT2D eigenvalue weighted by molar-refractivity contribution is 7.91. The zero-order chi connectivity index (χ0) is 14.0. The van der Waals surface area contributed by atoms with Crippen molar-refractivity contribution in [3.63, 3.8) is 0 Å². The summed E-state index contributed by atoms with van der Waals surface area (Å²) in [7, 11) is -3.11. The molecule has 2 rings (SSSR count). The van der Waals surface area contributed by atoms with Gasteiger partial charge in [-0.3, -0.25) is 4.79 Å². The van der Waals surface area contributed by atoms with E-state index in [0.717, 1.165) is 0 Å². The van der Waals surface area contributed by atoms with Crippen molar-refractivity contribution in [1.82, 2.24) is 4.90 Å². The van der Waals surface area contributed by atoms with Gasteiger partial charge in [0.05, 0.1) is 16.9 Å². The molecule has 0 aliphatic carbocycles. The van der Waals surface area contributed by atoms with Crippen LogP contribution < -0.4 is 0 Å². The Morgan fingerprint density at radius 2 is 2.21 bits per heavy atom. The fourth-order valence-electron chi connectivity index (χ4n) is 2.17. The summed E-state index contributed by atoms with van der Waals surface area (Å²) in [5, 5.41) is 8.33. The molecular formula is C13H14N2O3S. The molecule has 19 heavy (non-hydrogen) atoms. The van der Waals surface area contributed by atoms with Crippen LogP contribution in [0.2, 0.25) is 0 Å². The van der Waals surface area contributed by atoms with Crippen molar-refractivity contribution in [2.24, 2.45) is 0 Å². The number of nitriles is 1. The van der Waals surface area contributed by atoms with Gasteiger partial charge in [0.15, 0.2) is 9.84 Å². The largest absolute Gasteiger partial charge is 0.337 e. The third kappa shape index (κ3) is 2.93. The third-order valence-corrected chi connectivity index (χ3v) is 4.87. The van der Waals surface area contributed by atoms with Gasteiger partial charge in [0.1, 0.15) is 0 Å². The van der Waals surface area contributed by atoms with Crippen LogP contribution in [0.4, 0.5) is 0 Å². The highest BCUT2D eigenvalue weighted by atomic mass is 32.2. The number of hydrogen-bond donors (Lipinski definition) is 0. The number of rotatable bonds is 2. The monoisotopic (exact) mass is 278 g/mol. The average Bonchev–Trinajstić information content (AvgIpc) is 2.87. The van der Waals surface area contributed by atoms with Crippen LogP contribution in [0, 0.1) is 11.3 Å². The molecular weight excluding hydrogens is 264 g/mol. The maximum atomic E-state index is 12.2. The van der Waals surface area contributed by atoms with Crippen molar-refractivity contribution < 1.29 is 13.2 Å². The predicted octanol–water partition coefficient (Wildman–Crippen LogP) is 0.817. The lowest BCUT2D eigenvalue weighted by Crippen LogP contribution is -2.31. The average molecular weight is 278 g/mol. The van der Waals surface area contributed by atoms with E-state index in [1.165, 1.54) is 17.2 Å². The van der Waals surface area contributed by atoms with Gasteiger partial charge < -0.3 is 4.90 Å². The van der Waals surface area contributed by atoms with Gasteiger partial charge in [-0.15, -0.1) is 0 Å². The van der Waals surface area contributed by atoms with E-state index in [1.807, 2.05) is 6.07 Å². The van der Waals surface area contributed by atoms with E-state index in [-0.39, 0.29) is 12.5 Å². The number of benzene rings is 1. The molecule has 0 unspecified atom stereocenters. The molecule has 100 valence electrons. The second-order valence-corrected chi connectivity index (χ2v) is 7.01. The van der Waals surface area contributed by atoms with Crippen molar-refractivity contribution in [2.75, 3.05) is 19.3 Å². The molecule has 0 bridgehead atoms. The Bertz CT molecular complexity index is 646. The Morgan fingerprint density at radius 3 is 2.79 bits per heavy atom. The standard InChI is InChI=1S/C13H14N2O3S/c1-19(17,18)12-5-6-15(9-12)13(16)11-4-2-3-10(7-11)8-14/h2-4,7,12H,5-6,9H2,1H3/t12-/m0/s1. The number of likely N-dealkylation sites (tertiary alicyclic amines) is 1. The molecule has 0 spiro atoms. The van der Waals surface area contributed by atoms with Gasteiger partial charge in [0.25, 0.3) is 5.91 Å². The maximum absolute atomic E-state index is 12.2. The molecule has 0 aromatic heterocycles. The summed E-state index contributed by atoms with van der Waals surface area (Å²) < 4.78 is 22.9. The lowest BCUT2D eigenvalue weighted by atomic mass is 10.1. The summed E-state index contributed by atoms with van der Waals surface area (Å²) in [4.78, 5) is 13.7. The van der Waals surface area contributed by atoms with E-state index >= 15 is 0 Å². The Hall–Kier alpha value is -1.87. The van der Waals surface area contributed by atoms with Crippen molar-refractivity contribution >= 4 is 15.7 Å². The van der Waals surface area contributed by atoms with Crippen LogP contribution in [0.3, 0.4) is 0 Å². The fraction of sp³-hybridized carbons (Fsp3) is 0.385. The highest BCUT2D eigenvalue weighted by Gasteiger charge is 2.32. The van der Waals surface area contributed by atoms with Gasteiger partial charge in [-0.25, -0.2) is 8.42 Å². The van der Waals surface area contributed by atoms with Crippen LogP contribution in [0.5, 0.6) is 0 Å². The van der Waals surface area contributed by atoms with Gasteiger partial charge in [-0.1, -0.05) is 6.07 Å². The highest BCUT2D eigenvalue weighted by Crippen LogP contribution is 2.19. The van der Waals surface area contributed by atoms with E-state index in [0.29, 0.717) is 24.1 Å². The second-order valence-electron chi connectivity index (χ2n) is 4.68. The normalized spacial score (nSPS) is 19.2. The van der Waals surface area contributed by atoms with Gasteiger partial charge in [0, 0.05) is 24.9 Å². The van der Waals surface area contributed by atoms with Crippen LogP contribution >= 0.6 is 0 Å². The Balaban J connectivity index is 2.16. The second kappa shape index (κ2) is 5.02. The number of carbonyl (C=O) groups excluding carboxylic acids is 1. The minimum Gasteiger partial charge on any atom is -0.337 e. The molecule has 1 atom stereocenters. The first-order valence-electron chi connectivity index (χ1n) is 5.90. The number of hydrogen-bond acceptors (Lipinski definition) is 4. The minimum absolute atomic E-state index is 0.219. The van der Waals surface area contributed by atoms with Gasteiger partial charge in [-0.05, 0) is 24.6 Å². The van der Waals surface area contributed by atoms with Gasteiger partial charge >= 0.3 is 0 Å². The molecule has 0 radical (unpaired) electrons. The molecule has 1 aliphatic rings. The minimum atomic E-state index is -3.11. The number of carbonyl (C=O) groups is 1. The summed E-state index contributed by atoms with van der Waals surface area (Å²) in [5.74, 6) is -0.219. The van der Waals surface area contributed by atoms with E-state index < -0.39 is 15.1 Å². The molecule has 1 saturated heterocycles. The lowest BCUT2D eigenvalue weighted by Gasteiger charge is -2.16. The quantitative estimate of drug-likeness (QED) is 0.802. The van der Waals surface area contributed by atoms with E-state index in [2.05, 4.69) is 0 Å². The lowest BCUT2D eigenvalue weighted by molar-refractivity contribution is 0.0793. The van der Waals surface area contributed by atoms with Crippen LogP contribution in [-0.4, -0.2) is 43.8 Å². The van der Waals surface area contributed by atoms with Crippen LogP contribution in [0.15, 0.2) is 24.3 Å². The third-order valence-electron chi connectivity index (χ3n) is 3.28. The topological polar surface area (TPSA) is 78.2 Å². The summed E-state index contributed by atoms with van der Waals surface area (Å²) in [6, 6.07) is 8.41. The molecule has 5 nitrogen and oxygen atoms in total. The molecule has 1 fully saturated rings. The molecule has 1 aliphatic heterocycles. The molecule has 1 aromatic rings. The predicted molar refractivity (Wildman–Crippen MR) is 70.3 cm³/mol. The number of nitrogens with zero attached hydrogens (tertiary/aromatic N) is 2. The number of sulfone groups is 1. The maximum Gasteiger partial charge on any atom is 0.253 e. The number of amides is 1.